The van der Waals surface area contributed by atoms with E-state index in [1.165, 1.54) is 81.1 Å². The molecule has 10 aromatic carbocycles. The summed E-state index contributed by atoms with van der Waals surface area (Å²) in [7, 11) is 0. The van der Waals surface area contributed by atoms with Crippen LogP contribution < -0.4 is 4.90 Å². The maximum Gasteiger partial charge on any atom is 0.0540 e. The van der Waals surface area contributed by atoms with Crippen LogP contribution in [0.25, 0.3) is 75.4 Å². The smallest absolute Gasteiger partial charge is 0.0540 e. The van der Waals surface area contributed by atoms with Crippen molar-refractivity contribution in [1.29, 1.82) is 0 Å². The van der Waals surface area contributed by atoms with Crippen molar-refractivity contribution in [3.05, 3.63) is 152 Å². The Morgan fingerprint density at radius 2 is 0.628 bits per heavy atom. The maximum absolute atomic E-state index is 2.46. The summed E-state index contributed by atoms with van der Waals surface area (Å²) in [6.07, 6.45) is 0. The van der Waals surface area contributed by atoms with Crippen molar-refractivity contribution < 1.29 is 0 Å². The molecule has 1 nitrogen and oxygen atoms in total. The zero-order valence-corrected chi connectivity index (χ0v) is 23.4. The first kappa shape index (κ1) is 23.0. The fourth-order valence-electron chi connectivity index (χ4n) is 7.56. The molecule has 0 radical (unpaired) electrons. The molecule has 0 saturated carbocycles. The molecular weight excluding hydrogens is 518 g/mol. The fourth-order valence-corrected chi connectivity index (χ4v) is 7.56. The molecule has 0 fully saturated rings. The molecular formula is C42H25N. The Morgan fingerprint density at radius 3 is 1.12 bits per heavy atom. The summed E-state index contributed by atoms with van der Waals surface area (Å²) in [5.41, 5.74) is 3.50. The van der Waals surface area contributed by atoms with Gasteiger partial charge in [0.05, 0.1) is 5.69 Å². The molecule has 1 heteroatoms. The van der Waals surface area contributed by atoms with E-state index >= 15 is 0 Å². The summed E-state index contributed by atoms with van der Waals surface area (Å²) in [6.45, 7) is 0. The van der Waals surface area contributed by atoms with Crippen molar-refractivity contribution in [2.75, 3.05) is 4.90 Å². The summed E-state index contributed by atoms with van der Waals surface area (Å²) < 4.78 is 0. The molecule has 0 N–H and O–H groups in total. The van der Waals surface area contributed by atoms with Gasteiger partial charge in [-0.1, -0.05) is 121 Å². The van der Waals surface area contributed by atoms with E-state index in [9.17, 15) is 0 Å². The van der Waals surface area contributed by atoms with Crippen molar-refractivity contribution in [2.45, 2.75) is 0 Å². The second-order valence-electron chi connectivity index (χ2n) is 11.8. The Labute approximate surface area is 248 Å². The zero-order chi connectivity index (χ0) is 28.1. The van der Waals surface area contributed by atoms with Gasteiger partial charge in [-0.25, -0.2) is 0 Å². The average Bonchev–Trinajstić information content (AvgIpc) is 3.06. The van der Waals surface area contributed by atoms with Crippen LogP contribution in [0, 0.1) is 0 Å². The second-order valence-corrected chi connectivity index (χ2v) is 11.8. The molecule has 43 heavy (non-hydrogen) atoms. The Hall–Kier alpha value is -5.66. The average molecular weight is 544 g/mol. The minimum Gasteiger partial charge on any atom is -0.310 e. The molecule has 0 aromatic heterocycles. The van der Waals surface area contributed by atoms with Gasteiger partial charge in [0.2, 0.25) is 0 Å². The van der Waals surface area contributed by atoms with Gasteiger partial charge in [0.15, 0.2) is 0 Å². The quantitative estimate of drug-likeness (QED) is 0.200. The molecule has 0 unspecified atom stereocenters. The minimum absolute atomic E-state index is 1.16. The lowest BCUT2D eigenvalue weighted by atomic mass is 9.92. The first-order chi connectivity index (χ1) is 21.3. The van der Waals surface area contributed by atoms with Crippen LogP contribution in [-0.2, 0) is 0 Å². The third-order valence-electron chi connectivity index (χ3n) is 9.42. The highest BCUT2D eigenvalue weighted by atomic mass is 15.1. The van der Waals surface area contributed by atoms with Crippen LogP contribution in [0.3, 0.4) is 0 Å². The lowest BCUT2D eigenvalue weighted by molar-refractivity contribution is 1.32. The van der Waals surface area contributed by atoms with E-state index in [-0.39, 0.29) is 0 Å². The fraction of sp³-hybridized carbons (Fsp3) is 0. The van der Waals surface area contributed by atoms with E-state index in [1.54, 1.807) is 0 Å². The molecule has 10 rings (SSSR count). The molecule has 0 saturated heterocycles. The van der Waals surface area contributed by atoms with Gasteiger partial charge in [-0.3, -0.25) is 0 Å². The van der Waals surface area contributed by atoms with E-state index in [0.717, 1.165) is 11.4 Å². The van der Waals surface area contributed by atoms with Crippen molar-refractivity contribution in [3.8, 4) is 0 Å². The third-order valence-corrected chi connectivity index (χ3v) is 9.42. The standard InChI is InChI=1S/C42H25N/c1-2-12-37-26(6-1)7-5-13-38(37)43(35-22-31-18-14-27-8-3-9-28-15-19-32(23-35)41(31)39(27)28)36-24-33-20-16-29-10-4-11-30-17-21-34(25-36)42(33)40(29)30/h1-25H. The van der Waals surface area contributed by atoms with E-state index in [4.69, 9.17) is 0 Å². The monoisotopic (exact) mass is 543 g/mol. The van der Waals surface area contributed by atoms with Crippen LogP contribution in [-0.4, -0.2) is 0 Å². The molecule has 0 aliphatic carbocycles. The Balaban J connectivity index is 1.31. The molecule has 0 aliphatic rings. The SMILES string of the molecule is c1ccc2c(N(c3cc4ccc5cccc6ccc(c3)c4c56)c3cc4ccc5cccc6ccc(c3)c4c56)cccc2c1. The van der Waals surface area contributed by atoms with E-state index in [0.29, 0.717) is 0 Å². The highest BCUT2D eigenvalue weighted by Gasteiger charge is 2.20. The van der Waals surface area contributed by atoms with Gasteiger partial charge in [0, 0.05) is 16.8 Å². The van der Waals surface area contributed by atoms with Gasteiger partial charge in [-0.15, -0.1) is 0 Å². The molecule has 0 spiro atoms. The number of fused-ring (bicyclic) bond motifs is 1. The second kappa shape index (κ2) is 8.44. The van der Waals surface area contributed by atoms with Gasteiger partial charge in [0.1, 0.15) is 0 Å². The van der Waals surface area contributed by atoms with Gasteiger partial charge in [0.25, 0.3) is 0 Å². The van der Waals surface area contributed by atoms with Gasteiger partial charge < -0.3 is 4.90 Å². The van der Waals surface area contributed by atoms with Crippen molar-refractivity contribution >= 4 is 92.5 Å². The topological polar surface area (TPSA) is 3.24 Å². The number of anilines is 3. The van der Waals surface area contributed by atoms with Crippen LogP contribution in [0.1, 0.15) is 0 Å². The van der Waals surface area contributed by atoms with Crippen LogP contribution in [0.5, 0.6) is 0 Å². The van der Waals surface area contributed by atoms with Crippen molar-refractivity contribution in [3.63, 3.8) is 0 Å². The molecule has 0 heterocycles. The highest BCUT2D eigenvalue weighted by Crippen LogP contribution is 2.45. The van der Waals surface area contributed by atoms with Crippen molar-refractivity contribution in [2.24, 2.45) is 0 Å². The molecule has 0 bridgehead atoms. The van der Waals surface area contributed by atoms with Crippen LogP contribution in [0.15, 0.2) is 152 Å². The Morgan fingerprint density at radius 1 is 0.279 bits per heavy atom. The Kier molecular flexibility index (Phi) is 4.51. The van der Waals surface area contributed by atoms with E-state index < -0.39 is 0 Å². The number of hydrogen-bond donors (Lipinski definition) is 0. The Bertz CT molecular complexity index is 2400. The summed E-state index contributed by atoms with van der Waals surface area (Å²) in [5, 5.41) is 18.1. The molecule has 0 aliphatic heterocycles. The maximum atomic E-state index is 2.46. The molecule has 0 atom stereocenters. The predicted molar refractivity (Wildman–Crippen MR) is 186 cm³/mol. The zero-order valence-electron chi connectivity index (χ0n) is 23.4. The van der Waals surface area contributed by atoms with Gasteiger partial charge in [-0.2, -0.15) is 0 Å². The minimum atomic E-state index is 1.16. The van der Waals surface area contributed by atoms with Gasteiger partial charge >= 0.3 is 0 Å². The first-order valence-electron chi connectivity index (χ1n) is 14.9. The van der Waals surface area contributed by atoms with Crippen LogP contribution in [0.4, 0.5) is 17.1 Å². The predicted octanol–water partition coefficient (Wildman–Crippen LogP) is 12.1. The first-order valence-corrected chi connectivity index (χ1v) is 14.9. The van der Waals surface area contributed by atoms with E-state index in [1.807, 2.05) is 0 Å². The lowest BCUT2D eigenvalue weighted by Gasteiger charge is -2.28. The summed E-state index contributed by atoms with van der Waals surface area (Å²) in [6, 6.07) is 56.3. The summed E-state index contributed by atoms with van der Waals surface area (Å²) in [4.78, 5) is 2.46. The summed E-state index contributed by atoms with van der Waals surface area (Å²) >= 11 is 0. The molecule has 10 aromatic rings. The largest absolute Gasteiger partial charge is 0.310 e. The van der Waals surface area contributed by atoms with Gasteiger partial charge in [-0.05, 0) is 100 Å². The number of rotatable bonds is 3. The highest BCUT2D eigenvalue weighted by molar-refractivity contribution is 6.25. The summed E-state index contributed by atoms with van der Waals surface area (Å²) in [5.74, 6) is 0. The third kappa shape index (κ3) is 3.22. The number of nitrogens with zero attached hydrogens (tertiary/aromatic N) is 1. The molecule has 0 amide bonds. The van der Waals surface area contributed by atoms with Crippen molar-refractivity contribution in [1.82, 2.24) is 0 Å². The number of hydrogen-bond acceptors (Lipinski definition) is 1. The normalized spacial score (nSPS) is 12.2. The number of benzene rings is 10. The van der Waals surface area contributed by atoms with Crippen LogP contribution in [0.2, 0.25) is 0 Å². The van der Waals surface area contributed by atoms with Crippen LogP contribution >= 0.6 is 0 Å². The van der Waals surface area contributed by atoms with E-state index in [2.05, 4.69) is 157 Å². The lowest BCUT2D eigenvalue weighted by Crippen LogP contribution is -2.11. The molecule has 198 valence electrons.